The van der Waals surface area contributed by atoms with E-state index in [1.165, 1.54) is 12.8 Å². The average Bonchev–Trinajstić information content (AvgIpc) is 3.48. The van der Waals surface area contributed by atoms with Crippen LogP contribution in [0.1, 0.15) is 58.3 Å². The van der Waals surface area contributed by atoms with Gasteiger partial charge in [0.05, 0.1) is 12.1 Å². The van der Waals surface area contributed by atoms with Crippen LogP contribution < -0.4 is 0 Å². The molecule has 1 saturated carbocycles. The summed E-state index contributed by atoms with van der Waals surface area (Å²) in [4.78, 5) is 29.2. The predicted octanol–water partition coefficient (Wildman–Crippen LogP) is 1.96. The molecule has 1 atom stereocenters. The van der Waals surface area contributed by atoms with E-state index in [1.807, 2.05) is 11.8 Å². The number of hydrogen-bond acceptors (Lipinski definition) is 4. The van der Waals surface area contributed by atoms with Crippen molar-refractivity contribution in [2.24, 2.45) is 5.92 Å². The Labute approximate surface area is 156 Å². The van der Waals surface area contributed by atoms with E-state index in [2.05, 4.69) is 4.90 Å². The Morgan fingerprint density at radius 3 is 2.50 bits per heavy atom. The number of carbonyl (C=O) groups is 2. The van der Waals surface area contributed by atoms with Gasteiger partial charge in [-0.15, -0.1) is 0 Å². The second-order valence-corrected chi connectivity index (χ2v) is 8.44. The van der Waals surface area contributed by atoms with Crippen LogP contribution in [0.3, 0.4) is 0 Å². The van der Waals surface area contributed by atoms with Crippen LogP contribution in [-0.4, -0.2) is 72.2 Å². The minimum Gasteiger partial charge on any atom is -0.381 e. The highest BCUT2D eigenvalue weighted by Crippen LogP contribution is 2.46. The van der Waals surface area contributed by atoms with Crippen molar-refractivity contribution in [1.29, 1.82) is 0 Å². The topological polar surface area (TPSA) is 59.1 Å². The molecule has 0 bridgehead atoms. The van der Waals surface area contributed by atoms with Crippen LogP contribution in [0.15, 0.2) is 0 Å². The summed E-state index contributed by atoms with van der Waals surface area (Å²) < 4.78 is 11.7. The molecular formula is C20H32N2O4. The lowest BCUT2D eigenvalue weighted by Gasteiger charge is -2.62. The minimum atomic E-state index is -0.272. The van der Waals surface area contributed by atoms with E-state index in [-0.39, 0.29) is 29.5 Å². The molecule has 1 unspecified atom stereocenters. The molecule has 0 aromatic carbocycles. The first kappa shape index (κ1) is 18.2. The molecule has 0 aromatic rings. The molecule has 3 heterocycles. The first-order chi connectivity index (χ1) is 12.7. The zero-order chi connectivity index (χ0) is 18.1. The van der Waals surface area contributed by atoms with Crippen molar-refractivity contribution in [3.05, 3.63) is 0 Å². The zero-order valence-corrected chi connectivity index (χ0v) is 16.0. The molecule has 1 aliphatic carbocycles. The van der Waals surface area contributed by atoms with E-state index < -0.39 is 0 Å². The molecule has 1 spiro atoms. The largest absolute Gasteiger partial charge is 0.381 e. The summed E-state index contributed by atoms with van der Waals surface area (Å²) in [5, 5.41) is 0. The van der Waals surface area contributed by atoms with Crippen molar-refractivity contribution in [3.8, 4) is 0 Å². The number of β-lactam (4-membered cyclic amide) rings is 1. The molecule has 4 fully saturated rings. The van der Waals surface area contributed by atoms with Gasteiger partial charge in [-0.1, -0.05) is 6.92 Å². The number of rotatable bonds is 6. The summed E-state index contributed by atoms with van der Waals surface area (Å²) in [6, 6.07) is 0.243. The van der Waals surface area contributed by atoms with Gasteiger partial charge < -0.3 is 19.3 Å². The Morgan fingerprint density at radius 2 is 1.88 bits per heavy atom. The minimum absolute atomic E-state index is 0.162. The van der Waals surface area contributed by atoms with Crippen molar-refractivity contribution < 1.29 is 19.1 Å². The first-order valence-electron chi connectivity index (χ1n) is 10.5. The fraction of sp³-hybridized carbons (Fsp3) is 0.900. The molecule has 4 aliphatic rings. The average molecular weight is 364 g/mol. The van der Waals surface area contributed by atoms with E-state index >= 15 is 0 Å². The molecule has 146 valence electrons. The van der Waals surface area contributed by atoms with Crippen LogP contribution in [-0.2, 0) is 19.1 Å². The molecule has 4 rings (SSSR count). The second kappa shape index (κ2) is 7.47. The third-order valence-electron chi connectivity index (χ3n) is 6.63. The van der Waals surface area contributed by atoms with Crippen molar-refractivity contribution in [2.45, 2.75) is 76.0 Å². The maximum atomic E-state index is 13.0. The summed E-state index contributed by atoms with van der Waals surface area (Å²) in [7, 11) is 0. The van der Waals surface area contributed by atoms with Gasteiger partial charge in [-0.05, 0) is 50.9 Å². The first-order valence-corrected chi connectivity index (χ1v) is 10.5. The SMILES string of the molecule is CCCC(=O)N1CCC(N2C(=O)C(OCC3CC3)C23CCOCC3)CC1. The van der Waals surface area contributed by atoms with Crippen LogP contribution in [0.2, 0.25) is 0 Å². The zero-order valence-electron chi connectivity index (χ0n) is 16.0. The summed E-state index contributed by atoms with van der Waals surface area (Å²) >= 11 is 0. The standard InChI is InChI=1S/C20H32N2O4/c1-2-3-17(23)21-10-6-16(7-11-21)22-19(24)18(26-14-15-4-5-15)20(22)8-12-25-13-9-20/h15-16,18H,2-14H2,1H3. The quantitative estimate of drug-likeness (QED) is 0.676. The van der Waals surface area contributed by atoms with Crippen molar-refractivity contribution in [3.63, 3.8) is 0 Å². The molecule has 2 amide bonds. The summed E-state index contributed by atoms with van der Waals surface area (Å²) in [5.74, 6) is 1.10. The van der Waals surface area contributed by atoms with Gasteiger partial charge >= 0.3 is 0 Å². The molecule has 0 N–H and O–H groups in total. The summed E-state index contributed by atoms with van der Waals surface area (Å²) in [6.07, 6.45) is 7.27. The van der Waals surface area contributed by atoms with Gasteiger partial charge in [0.1, 0.15) is 0 Å². The molecule has 0 radical (unpaired) electrons. The third kappa shape index (κ3) is 3.26. The van der Waals surface area contributed by atoms with Crippen LogP contribution in [0.25, 0.3) is 0 Å². The summed E-state index contributed by atoms with van der Waals surface area (Å²) in [5.41, 5.74) is -0.162. The predicted molar refractivity (Wildman–Crippen MR) is 96.6 cm³/mol. The highest BCUT2D eigenvalue weighted by Gasteiger charge is 2.63. The Hall–Kier alpha value is -1.14. The molecule has 6 nitrogen and oxygen atoms in total. The number of nitrogens with zero attached hydrogens (tertiary/aromatic N) is 2. The van der Waals surface area contributed by atoms with Crippen LogP contribution in [0.5, 0.6) is 0 Å². The van der Waals surface area contributed by atoms with Gasteiger partial charge in [0, 0.05) is 38.8 Å². The Morgan fingerprint density at radius 1 is 1.19 bits per heavy atom. The van der Waals surface area contributed by atoms with Gasteiger partial charge in [-0.3, -0.25) is 9.59 Å². The Balaban J connectivity index is 1.40. The fourth-order valence-electron chi connectivity index (χ4n) is 4.90. The molecule has 6 heteroatoms. The molecule has 3 aliphatic heterocycles. The number of likely N-dealkylation sites (tertiary alicyclic amines) is 2. The lowest BCUT2D eigenvalue weighted by molar-refractivity contribution is -0.219. The van der Waals surface area contributed by atoms with Crippen molar-refractivity contribution in [1.82, 2.24) is 9.80 Å². The highest BCUT2D eigenvalue weighted by atomic mass is 16.5. The fourth-order valence-corrected chi connectivity index (χ4v) is 4.90. The highest BCUT2D eigenvalue weighted by molar-refractivity contribution is 5.91. The Bertz CT molecular complexity index is 534. The smallest absolute Gasteiger partial charge is 0.254 e. The molecule has 3 saturated heterocycles. The van der Waals surface area contributed by atoms with Gasteiger partial charge in [-0.25, -0.2) is 0 Å². The number of hydrogen-bond donors (Lipinski definition) is 0. The van der Waals surface area contributed by atoms with Gasteiger partial charge in [0.2, 0.25) is 5.91 Å². The monoisotopic (exact) mass is 364 g/mol. The molecule has 0 aromatic heterocycles. The van der Waals surface area contributed by atoms with E-state index in [9.17, 15) is 9.59 Å². The van der Waals surface area contributed by atoms with E-state index in [4.69, 9.17) is 9.47 Å². The molecular weight excluding hydrogens is 332 g/mol. The maximum Gasteiger partial charge on any atom is 0.254 e. The van der Waals surface area contributed by atoms with E-state index in [0.29, 0.717) is 25.6 Å². The van der Waals surface area contributed by atoms with E-state index in [1.54, 1.807) is 0 Å². The third-order valence-corrected chi connectivity index (χ3v) is 6.63. The second-order valence-electron chi connectivity index (χ2n) is 8.44. The normalized spacial score (nSPS) is 29.1. The number of ether oxygens (including phenoxy) is 2. The lowest BCUT2D eigenvalue weighted by Crippen LogP contribution is -2.79. The number of piperidine rings is 1. The van der Waals surface area contributed by atoms with Crippen molar-refractivity contribution in [2.75, 3.05) is 32.9 Å². The van der Waals surface area contributed by atoms with Gasteiger partial charge in [0.25, 0.3) is 5.91 Å². The lowest BCUT2D eigenvalue weighted by atomic mass is 9.72. The molecule has 26 heavy (non-hydrogen) atoms. The van der Waals surface area contributed by atoms with Crippen LogP contribution in [0.4, 0.5) is 0 Å². The van der Waals surface area contributed by atoms with E-state index in [0.717, 1.165) is 51.8 Å². The number of amides is 2. The van der Waals surface area contributed by atoms with Gasteiger partial charge in [-0.2, -0.15) is 0 Å². The van der Waals surface area contributed by atoms with Crippen LogP contribution >= 0.6 is 0 Å². The summed E-state index contributed by atoms with van der Waals surface area (Å²) in [6.45, 7) is 5.74. The Kier molecular flexibility index (Phi) is 5.24. The number of carbonyl (C=O) groups excluding carboxylic acids is 2. The van der Waals surface area contributed by atoms with Gasteiger partial charge in [0.15, 0.2) is 6.10 Å². The maximum absolute atomic E-state index is 13.0. The van der Waals surface area contributed by atoms with Crippen molar-refractivity contribution >= 4 is 11.8 Å². The van der Waals surface area contributed by atoms with Crippen LogP contribution in [0, 0.1) is 5.92 Å².